The summed E-state index contributed by atoms with van der Waals surface area (Å²) in [7, 11) is 0. The molecule has 102 valence electrons. The molecule has 0 amide bonds. The minimum Gasteiger partial charge on any atom is -0.367 e. The summed E-state index contributed by atoms with van der Waals surface area (Å²) >= 11 is 0. The van der Waals surface area contributed by atoms with E-state index in [4.69, 9.17) is 0 Å². The lowest BCUT2D eigenvalue weighted by molar-refractivity contribution is -0.404. The summed E-state index contributed by atoms with van der Waals surface area (Å²) in [5.41, 5.74) is 1.31. The van der Waals surface area contributed by atoms with Crippen molar-refractivity contribution in [3.8, 4) is 0 Å². The molecule has 1 fully saturated rings. The Labute approximate surface area is 113 Å². The molecular formula is C14H19N3O2. The van der Waals surface area contributed by atoms with Crippen LogP contribution in [0.2, 0.25) is 0 Å². The van der Waals surface area contributed by atoms with E-state index in [0.29, 0.717) is 5.82 Å². The topological polar surface area (TPSA) is 58.4 Å². The van der Waals surface area contributed by atoms with Crippen LogP contribution < -0.4 is 5.32 Å². The Morgan fingerprint density at radius 3 is 2.89 bits per heavy atom. The standard InChI is InChI=1S/C14H19N3O2/c18-17(19)12-14-15-9-5-11-16(14)10-4-8-13-6-2-1-3-7-13/h1-3,6-7,12,15H,4-5,8-11H2. The van der Waals surface area contributed by atoms with Crippen LogP contribution in [-0.2, 0) is 6.42 Å². The van der Waals surface area contributed by atoms with Gasteiger partial charge in [-0.2, -0.15) is 0 Å². The van der Waals surface area contributed by atoms with Gasteiger partial charge in [-0.3, -0.25) is 10.1 Å². The van der Waals surface area contributed by atoms with E-state index >= 15 is 0 Å². The first-order valence-electron chi connectivity index (χ1n) is 6.64. The first-order valence-corrected chi connectivity index (χ1v) is 6.64. The van der Waals surface area contributed by atoms with E-state index in [9.17, 15) is 10.1 Å². The fraction of sp³-hybridized carbons (Fsp3) is 0.429. The zero-order valence-corrected chi connectivity index (χ0v) is 10.9. The van der Waals surface area contributed by atoms with Gasteiger partial charge in [0.05, 0.1) is 4.92 Å². The molecule has 0 unspecified atom stereocenters. The SMILES string of the molecule is O=[N+]([O-])C=C1NCCCN1CCCc1ccccc1. The number of hydrogen-bond donors (Lipinski definition) is 1. The molecule has 5 heteroatoms. The first kappa shape index (κ1) is 13.4. The third-order valence-corrected chi connectivity index (χ3v) is 3.22. The summed E-state index contributed by atoms with van der Waals surface area (Å²) < 4.78 is 0. The van der Waals surface area contributed by atoms with Gasteiger partial charge in [0.2, 0.25) is 0 Å². The lowest BCUT2D eigenvalue weighted by Gasteiger charge is -2.30. The minimum atomic E-state index is -0.391. The van der Waals surface area contributed by atoms with E-state index in [1.54, 1.807) is 0 Å². The van der Waals surface area contributed by atoms with Crippen molar-refractivity contribution in [1.29, 1.82) is 0 Å². The Bertz CT molecular complexity index is 445. The number of hydrogen-bond acceptors (Lipinski definition) is 4. The Kier molecular flexibility index (Phi) is 4.78. The molecule has 1 heterocycles. The highest BCUT2D eigenvalue weighted by Gasteiger charge is 2.16. The van der Waals surface area contributed by atoms with Gasteiger partial charge in [0, 0.05) is 19.6 Å². The molecule has 0 bridgehead atoms. The number of aryl methyl sites for hydroxylation is 1. The molecule has 19 heavy (non-hydrogen) atoms. The molecule has 1 aromatic carbocycles. The van der Waals surface area contributed by atoms with Crippen LogP contribution in [0, 0.1) is 10.1 Å². The van der Waals surface area contributed by atoms with Gasteiger partial charge in [-0.15, -0.1) is 0 Å². The second-order valence-electron chi connectivity index (χ2n) is 4.66. The van der Waals surface area contributed by atoms with Crippen molar-refractivity contribution in [3.05, 3.63) is 58.0 Å². The zero-order chi connectivity index (χ0) is 13.5. The van der Waals surface area contributed by atoms with Crippen LogP contribution in [0.1, 0.15) is 18.4 Å². The minimum absolute atomic E-state index is 0.391. The summed E-state index contributed by atoms with van der Waals surface area (Å²) in [4.78, 5) is 12.2. The van der Waals surface area contributed by atoms with Gasteiger partial charge in [0.15, 0.2) is 5.82 Å². The van der Waals surface area contributed by atoms with E-state index in [0.717, 1.165) is 45.1 Å². The summed E-state index contributed by atoms with van der Waals surface area (Å²) in [5, 5.41) is 13.7. The maximum Gasteiger partial charge on any atom is 0.274 e. The van der Waals surface area contributed by atoms with Gasteiger partial charge in [-0.05, 0) is 24.8 Å². The lowest BCUT2D eigenvalue weighted by atomic mass is 10.1. The van der Waals surface area contributed by atoms with Gasteiger partial charge in [0.1, 0.15) is 0 Å². The summed E-state index contributed by atoms with van der Waals surface area (Å²) in [6, 6.07) is 10.3. The van der Waals surface area contributed by atoms with Crippen LogP contribution in [0.5, 0.6) is 0 Å². The quantitative estimate of drug-likeness (QED) is 0.650. The Balaban J connectivity index is 1.85. The predicted molar refractivity (Wildman–Crippen MR) is 74.0 cm³/mol. The van der Waals surface area contributed by atoms with Crippen LogP contribution in [0.25, 0.3) is 0 Å². The highest BCUT2D eigenvalue weighted by molar-refractivity contribution is 5.14. The van der Waals surface area contributed by atoms with Crippen LogP contribution in [0.3, 0.4) is 0 Å². The first-order chi connectivity index (χ1) is 9.25. The summed E-state index contributed by atoms with van der Waals surface area (Å²) in [5.74, 6) is 0.643. The second kappa shape index (κ2) is 6.78. The number of nitrogens with one attached hydrogen (secondary N) is 1. The summed E-state index contributed by atoms with van der Waals surface area (Å²) in [6.45, 7) is 2.55. The van der Waals surface area contributed by atoms with Gasteiger partial charge in [-0.25, -0.2) is 0 Å². The number of benzene rings is 1. The molecule has 0 spiro atoms. The highest BCUT2D eigenvalue weighted by atomic mass is 16.6. The van der Waals surface area contributed by atoms with E-state index < -0.39 is 4.92 Å². The molecule has 1 aliphatic rings. The molecule has 5 nitrogen and oxygen atoms in total. The second-order valence-corrected chi connectivity index (χ2v) is 4.66. The van der Waals surface area contributed by atoms with Crippen LogP contribution >= 0.6 is 0 Å². The fourth-order valence-corrected chi connectivity index (χ4v) is 2.30. The van der Waals surface area contributed by atoms with Gasteiger partial charge >= 0.3 is 0 Å². The van der Waals surface area contributed by atoms with E-state index in [1.165, 1.54) is 5.56 Å². The lowest BCUT2D eigenvalue weighted by Crippen LogP contribution is -2.40. The molecule has 0 radical (unpaired) electrons. The van der Waals surface area contributed by atoms with Gasteiger partial charge in [0.25, 0.3) is 6.20 Å². The van der Waals surface area contributed by atoms with E-state index in [1.807, 2.05) is 18.2 Å². The molecular weight excluding hydrogens is 242 g/mol. The molecule has 1 saturated heterocycles. The maximum atomic E-state index is 10.6. The smallest absolute Gasteiger partial charge is 0.274 e. The third-order valence-electron chi connectivity index (χ3n) is 3.22. The molecule has 1 aromatic rings. The molecule has 0 aliphatic carbocycles. The molecule has 0 aromatic heterocycles. The molecule has 0 saturated carbocycles. The summed E-state index contributed by atoms with van der Waals surface area (Å²) in [6.07, 6.45) is 4.10. The Morgan fingerprint density at radius 2 is 2.16 bits per heavy atom. The van der Waals surface area contributed by atoms with Crippen LogP contribution in [0.15, 0.2) is 42.4 Å². The highest BCUT2D eigenvalue weighted by Crippen LogP contribution is 2.10. The third kappa shape index (κ3) is 4.28. The predicted octanol–water partition coefficient (Wildman–Crippen LogP) is 1.99. The van der Waals surface area contributed by atoms with Gasteiger partial charge < -0.3 is 10.2 Å². The van der Waals surface area contributed by atoms with Gasteiger partial charge in [-0.1, -0.05) is 30.3 Å². The van der Waals surface area contributed by atoms with Crippen LogP contribution in [-0.4, -0.2) is 29.5 Å². The maximum absolute atomic E-state index is 10.6. The van der Waals surface area contributed by atoms with Crippen molar-refractivity contribution >= 4 is 0 Å². The van der Waals surface area contributed by atoms with Crippen molar-refractivity contribution < 1.29 is 4.92 Å². The molecule has 1 aliphatic heterocycles. The van der Waals surface area contributed by atoms with E-state index in [2.05, 4.69) is 22.3 Å². The van der Waals surface area contributed by atoms with Crippen molar-refractivity contribution in [2.75, 3.05) is 19.6 Å². The fourth-order valence-electron chi connectivity index (χ4n) is 2.30. The largest absolute Gasteiger partial charge is 0.367 e. The van der Waals surface area contributed by atoms with E-state index in [-0.39, 0.29) is 0 Å². The average Bonchev–Trinajstić information content (AvgIpc) is 2.41. The average molecular weight is 261 g/mol. The normalized spacial score (nSPS) is 17.3. The van der Waals surface area contributed by atoms with Crippen molar-refractivity contribution in [2.45, 2.75) is 19.3 Å². The monoisotopic (exact) mass is 261 g/mol. The number of nitrogens with zero attached hydrogens (tertiary/aromatic N) is 2. The number of nitro groups is 1. The van der Waals surface area contributed by atoms with Crippen molar-refractivity contribution in [3.63, 3.8) is 0 Å². The van der Waals surface area contributed by atoms with Crippen molar-refractivity contribution in [1.82, 2.24) is 10.2 Å². The zero-order valence-electron chi connectivity index (χ0n) is 10.9. The van der Waals surface area contributed by atoms with Crippen LogP contribution in [0.4, 0.5) is 0 Å². The molecule has 1 N–H and O–H groups in total. The Morgan fingerprint density at radius 1 is 1.37 bits per heavy atom. The molecule has 2 rings (SSSR count). The van der Waals surface area contributed by atoms with Crippen molar-refractivity contribution in [2.24, 2.45) is 0 Å². The number of rotatable bonds is 5. The Hall–Kier alpha value is -2.04. The molecule has 0 atom stereocenters.